The minimum atomic E-state index is -0.488. The maximum Gasteiger partial charge on any atom is 0.123 e. The van der Waals surface area contributed by atoms with Crippen LogP contribution >= 0.6 is 0 Å². The van der Waals surface area contributed by atoms with E-state index in [4.69, 9.17) is 4.74 Å². The van der Waals surface area contributed by atoms with E-state index in [1.165, 1.54) is 0 Å². The van der Waals surface area contributed by atoms with Crippen LogP contribution in [0.25, 0.3) is 0 Å². The van der Waals surface area contributed by atoms with Gasteiger partial charge in [-0.3, -0.25) is 0 Å². The normalized spacial score (nSPS) is 12.5. The first-order chi connectivity index (χ1) is 6.24. The Labute approximate surface area is 77.0 Å². The molecular weight excluding hydrogens is 171 g/mol. The zero-order chi connectivity index (χ0) is 9.68. The Balaban J connectivity index is 2.59. The molecule has 0 spiro atoms. The summed E-state index contributed by atoms with van der Waals surface area (Å²) in [5.74, 6) is 0.627. The van der Waals surface area contributed by atoms with Crippen LogP contribution in [0.3, 0.4) is 0 Å². The Hall–Kier alpha value is -1.09. The molecule has 0 aliphatic heterocycles. The fraction of sp³-hybridized carbons (Fsp3) is 0.400. The second-order valence-corrected chi connectivity index (χ2v) is 2.78. The predicted molar refractivity (Wildman–Crippen MR) is 48.5 cm³/mol. The number of aliphatic hydroxyl groups excluding tert-OH is 1. The summed E-state index contributed by atoms with van der Waals surface area (Å²) in [4.78, 5) is 0. The van der Waals surface area contributed by atoms with Crippen molar-refractivity contribution in [2.75, 3.05) is 13.3 Å². The maximum absolute atomic E-state index is 11.7. The number of hydrogen-bond donors (Lipinski definition) is 1. The lowest BCUT2D eigenvalue weighted by atomic mass is 10.1. The fourth-order valence-corrected chi connectivity index (χ4v) is 0.999. The summed E-state index contributed by atoms with van der Waals surface area (Å²) in [6.45, 7) is 1.28. The van der Waals surface area contributed by atoms with E-state index in [-0.39, 0.29) is 6.61 Å². The molecule has 0 saturated heterocycles. The van der Waals surface area contributed by atoms with Gasteiger partial charge in [0.1, 0.15) is 19.0 Å². The summed E-state index contributed by atoms with van der Waals surface area (Å²) in [7, 11) is 0. The molecule has 13 heavy (non-hydrogen) atoms. The van der Waals surface area contributed by atoms with E-state index < -0.39 is 12.8 Å². The molecule has 0 unspecified atom stereocenters. The van der Waals surface area contributed by atoms with Crippen LogP contribution in [-0.4, -0.2) is 18.4 Å². The first kappa shape index (κ1) is 9.99. The van der Waals surface area contributed by atoms with Gasteiger partial charge in [-0.2, -0.15) is 0 Å². The Morgan fingerprint density at radius 1 is 1.38 bits per heavy atom. The molecule has 1 rings (SSSR count). The number of benzene rings is 1. The Morgan fingerprint density at radius 2 is 2.00 bits per heavy atom. The molecule has 3 heteroatoms. The van der Waals surface area contributed by atoms with Gasteiger partial charge in [0.2, 0.25) is 0 Å². The second-order valence-electron chi connectivity index (χ2n) is 2.78. The third-order valence-electron chi connectivity index (χ3n) is 1.71. The molecule has 1 aromatic carbocycles. The van der Waals surface area contributed by atoms with Crippen LogP contribution < -0.4 is 4.74 Å². The van der Waals surface area contributed by atoms with Crippen molar-refractivity contribution in [3.8, 4) is 5.75 Å². The number of rotatable bonds is 4. The molecule has 72 valence electrons. The van der Waals surface area contributed by atoms with Crippen LogP contribution in [0.2, 0.25) is 0 Å². The Bertz CT molecular complexity index is 244. The molecule has 0 aliphatic carbocycles. The molecule has 0 aliphatic rings. The first-order valence-electron chi connectivity index (χ1n) is 4.21. The summed E-state index contributed by atoms with van der Waals surface area (Å²) in [6.07, 6.45) is -0.477. The summed E-state index contributed by atoms with van der Waals surface area (Å²) in [5.41, 5.74) is 0.826. The molecule has 0 bridgehead atoms. The third-order valence-corrected chi connectivity index (χ3v) is 1.71. The highest BCUT2D eigenvalue weighted by molar-refractivity contribution is 5.28. The lowest BCUT2D eigenvalue weighted by molar-refractivity contribution is 0.199. The molecule has 0 aromatic heterocycles. The summed E-state index contributed by atoms with van der Waals surface area (Å²) < 4.78 is 16.8. The SMILES string of the molecule is C[C@@H](O)c1ccc(OCCF)cc1. The van der Waals surface area contributed by atoms with Gasteiger partial charge < -0.3 is 9.84 Å². The van der Waals surface area contributed by atoms with Gasteiger partial charge in [-0.05, 0) is 24.6 Å². The number of aliphatic hydroxyl groups is 1. The molecule has 1 N–H and O–H groups in total. The molecule has 0 heterocycles. The first-order valence-corrected chi connectivity index (χ1v) is 4.21. The minimum Gasteiger partial charge on any atom is -0.491 e. The molecule has 2 nitrogen and oxygen atoms in total. The quantitative estimate of drug-likeness (QED) is 0.776. The monoisotopic (exact) mass is 184 g/mol. The van der Waals surface area contributed by atoms with E-state index in [0.717, 1.165) is 5.56 Å². The average Bonchev–Trinajstić information content (AvgIpc) is 2.15. The van der Waals surface area contributed by atoms with Crippen LogP contribution in [0.4, 0.5) is 4.39 Å². The standard InChI is InChI=1S/C10H13FO2/c1-8(12)9-2-4-10(5-3-9)13-7-6-11/h2-5,8,12H,6-7H2,1H3/t8-/m1/s1. The molecule has 0 radical (unpaired) electrons. The fourth-order valence-electron chi connectivity index (χ4n) is 0.999. The van der Waals surface area contributed by atoms with Crippen molar-refractivity contribution in [1.29, 1.82) is 0 Å². The largest absolute Gasteiger partial charge is 0.491 e. The molecule has 0 fully saturated rings. The van der Waals surface area contributed by atoms with Crippen molar-refractivity contribution in [2.24, 2.45) is 0 Å². The van der Waals surface area contributed by atoms with Crippen molar-refractivity contribution in [3.63, 3.8) is 0 Å². The lowest BCUT2D eigenvalue weighted by Crippen LogP contribution is -1.98. The average molecular weight is 184 g/mol. The molecular formula is C10H13FO2. The number of alkyl halides is 1. The van der Waals surface area contributed by atoms with Gasteiger partial charge in [-0.1, -0.05) is 12.1 Å². The summed E-state index contributed by atoms with van der Waals surface area (Å²) in [5, 5.41) is 9.19. The highest BCUT2D eigenvalue weighted by Crippen LogP contribution is 2.16. The van der Waals surface area contributed by atoms with Crippen LogP contribution in [0.1, 0.15) is 18.6 Å². The summed E-state index contributed by atoms with van der Waals surface area (Å²) >= 11 is 0. The lowest BCUT2D eigenvalue weighted by Gasteiger charge is -2.06. The number of ether oxygens (including phenoxy) is 1. The molecule has 0 saturated carbocycles. The topological polar surface area (TPSA) is 29.5 Å². The molecule has 1 atom stereocenters. The van der Waals surface area contributed by atoms with Crippen molar-refractivity contribution < 1.29 is 14.2 Å². The van der Waals surface area contributed by atoms with Crippen molar-refractivity contribution in [2.45, 2.75) is 13.0 Å². The van der Waals surface area contributed by atoms with Gasteiger partial charge in [-0.15, -0.1) is 0 Å². The van der Waals surface area contributed by atoms with Gasteiger partial charge in [0.05, 0.1) is 6.10 Å². The number of hydrogen-bond acceptors (Lipinski definition) is 2. The van der Waals surface area contributed by atoms with Gasteiger partial charge in [0, 0.05) is 0 Å². The predicted octanol–water partition coefficient (Wildman–Crippen LogP) is 2.09. The Kier molecular flexibility index (Phi) is 3.71. The van der Waals surface area contributed by atoms with Crippen LogP contribution in [-0.2, 0) is 0 Å². The van der Waals surface area contributed by atoms with Crippen LogP contribution in [0.15, 0.2) is 24.3 Å². The van der Waals surface area contributed by atoms with Crippen molar-refractivity contribution in [1.82, 2.24) is 0 Å². The zero-order valence-corrected chi connectivity index (χ0v) is 7.53. The van der Waals surface area contributed by atoms with Crippen molar-refractivity contribution in [3.05, 3.63) is 29.8 Å². The molecule has 1 aromatic rings. The van der Waals surface area contributed by atoms with E-state index in [1.807, 2.05) is 0 Å². The van der Waals surface area contributed by atoms with E-state index in [1.54, 1.807) is 31.2 Å². The second kappa shape index (κ2) is 4.82. The van der Waals surface area contributed by atoms with E-state index in [9.17, 15) is 9.50 Å². The van der Waals surface area contributed by atoms with Crippen molar-refractivity contribution >= 4 is 0 Å². The number of halogens is 1. The smallest absolute Gasteiger partial charge is 0.123 e. The van der Waals surface area contributed by atoms with Gasteiger partial charge >= 0.3 is 0 Å². The highest BCUT2D eigenvalue weighted by atomic mass is 19.1. The minimum absolute atomic E-state index is 0.0774. The zero-order valence-electron chi connectivity index (χ0n) is 7.53. The summed E-state index contributed by atoms with van der Waals surface area (Å²) in [6, 6.07) is 6.96. The highest BCUT2D eigenvalue weighted by Gasteiger charge is 1.99. The van der Waals surface area contributed by atoms with Gasteiger partial charge in [0.15, 0.2) is 0 Å². The Morgan fingerprint density at radius 3 is 2.46 bits per heavy atom. The molecule has 0 amide bonds. The van der Waals surface area contributed by atoms with Gasteiger partial charge in [-0.25, -0.2) is 4.39 Å². The third kappa shape index (κ3) is 3.03. The maximum atomic E-state index is 11.7. The van der Waals surface area contributed by atoms with Crippen LogP contribution in [0, 0.1) is 0 Å². The van der Waals surface area contributed by atoms with E-state index >= 15 is 0 Å². The van der Waals surface area contributed by atoms with Gasteiger partial charge in [0.25, 0.3) is 0 Å². The van der Waals surface area contributed by atoms with E-state index in [2.05, 4.69) is 0 Å². The van der Waals surface area contributed by atoms with E-state index in [0.29, 0.717) is 5.75 Å². The van der Waals surface area contributed by atoms with Crippen LogP contribution in [0.5, 0.6) is 5.75 Å².